The zero-order chi connectivity index (χ0) is 21.5. The van der Waals surface area contributed by atoms with E-state index in [1.165, 1.54) is 15.6 Å². The van der Waals surface area contributed by atoms with Crippen LogP contribution in [0.3, 0.4) is 0 Å². The average molecular weight is 489 g/mol. The SMILES string of the molecule is O=C(c1ccc(-c2ccc(Cl)cc2)s1)N1CCN(S(=O)(=O)C2CCS(=O)(=O)C2)CC1. The average Bonchev–Trinajstić information content (AvgIpc) is 3.35. The molecule has 0 N–H and O–H groups in total. The zero-order valence-corrected chi connectivity index (χ0v) is 19.2. The number of thiophene rings is 1. The predicted molar refractivity (Wildman–Crippen MR) is 118 cm³/mol. The highest BCUT2D eigenvalue weighted by atomic mass is 35.5. The molecule has 3 heterocycles. The van der Waals surface area contributed by atoms with Crippen molar-refractivity contribution in [2.24, 2.45) is 0 Å². The summed E-state index contributed by atoms with van der Waals surface area (Å²) in [5, 5.41) is -0.224. The van der Waals surface area contributed by atoms with E-state index in [0.29, 0.717) is 9.90 Å². The molecule has 30 heavy (non-hydrogen) atoms. The maximum Gasteiger partial charge on any atom is 0.264 e. The number of carbonyl (C=O) groups excluding carboxylic acids is 1. The Hall–Kier alpha value is -1.46. The molecule has 1 aromatic heterocycles. The molecule has 4 rings (SSSR count). The Labute approximate surface area is 185 Å². The summed E-state index contributed by atoms with van der Waals surface area (Å²) in [5.41, 5.74) is 0.978. The lowest BCUT2D eigenvalue weighted by atomic mass is 10.2. The van der Waals surface area contributed by atoms with Crippen LogP contribution in [-0.4, -0.2) is 74.9 Å². The number of amides is 1. The summed E-state index contributed by atoms with van der Waals surface area (Å²) in [4.78, 5) is 16.1. The summed E-state index contributed by atoms with van der Waals surface area (Å²) in [7, 11) is -6.95. The third-order valence-corrected chi connectivity index (χ3v) is 11.1. The van der Waals surface area contributed by atoms with Gasteiger partial charge < -0.3 is 4.90 Å². The lowest BCUT2D eigenvalue weighted by molar-refractivity contribution is 0.0702. The Morgan fingerprint density at radius 1 is 1.03 bits per heavy atom. The van der Waals surface area contributed by atoms with Gasteiger partial charge in [-0.2, -0.15) is 4.31 Å². The Bertz CT molecular complexity index is 1150. The molecule has 0 saturated carbocycles. The van der Waals surface area contributed by atoms with Crippen molar-refractivity contribution >= 4 is 48.7 Å². The maximum absolute atomic E-state index is 12.9. The van der Waals surface area contributed by atoms with Crippen LogP contribution in [0, 0.1) is 0 Å². The summed E-state index contributed by atoms with van der Waals surface area (Å²) in [6, 6.07) is 11.1. The summed E-state index contributed by atoms with van der Waals surface area (Å²) >= 11 is 7.31. The van der Waals surface area contributed by atoms with Gasteiger partial charge in [0, 0.05) is 36.1 Å². The number of sulfone groups is 1. The van der Waals surface area contributed by atoms with Crippen LogP contribution in [0.15, 0.2) is 36.4 Å². The van der Waals surface area contributed by atoms with Gasteiger partial charge in [-0.05, 0) is 36.2 Å². The summed E-state index contributed by atoms with van der Waals surface area (Å²) < 4.78 is 50.1. The van der Waals surface area contributed by atoms with Crippen molar-refractivity contribution in [1.82, 2.24) is 9.21 Å². The molecule has 2 aromatic rings. The van der Waals surface area contributed by atoms with Gasteiger partial charge in [0.1, 0.15) is 0 Å². The van der Waals surface area contributed by atoms with Gasteiger partial charge in [0.25, 0.3) is 5.91 Å². The van der Waals surface area contributed by atoms with Crippen LogP contribution < -0.4 is 0 Å². The van der Waals surface area contributed by atoms with Gasteiger partial charge >= 0.3 is 0 Å². The van der Waals surface area contributed by atoms with Crippen LogP contribution in [0.2, 0.25) is 5.02 Å². The largest absolute Gasteiger partial charge is 0.335 e. The molecule has 2 aliphatic rings. The van der Waals surface area contributed by atoms with Gasteiger partial charge in [-0.25, -0.2) is 16.8 Å². The van der Waals surface area contributed by atoms with Crippen molar-refractivity contribution in [3.8, 4) is 10.4 Å². The van der Waals surface area contributed by atoms with E-state index in [4.69, 9.17) is 11.6 Å². The fourth-order valence-electron chi connectivity index (χ4n) is 3.73. The van der Waals surface area contributed by atoms with E-state index in [1.807, 2.05) is 18.2 Å². The molecule has 1 unspecified atom stereocenters. The van der Waals surface area contributed by atoms with Crippen molar-refractivity contribution in [3.05, 3.63) is 46.3 Å². The Morgan fingerprint density at radius 2 is 1.70 bits per heavy atom. The summed E-state index contributed by atoms with van der Waals surface area (Å²) in [5.74, 6) is -0.512. The van der Waals surface area contributed by atoms with Gasteiger partial charge in [0.15, 0.2) is 9.84 Å². The molecule has 2 aliphatic heterocycles. The van der Waals surface area contributed by atoms with Crippen molar-refractivity contribution in [2.75, 3.05) is 37.7 Å². The summed E-state index contributed by atoms with van der Waals surface area (Å²) in [6.45, 7) is 0.928. The van der Waals surface area contributed by atoms with Crippen LogP contribution in [0.25, 0.3) is 10.4 Å². The van der Waals surface area contributed by atoms with Crippen LogP contribution in [0.5, 0.6) is 0 Å². The lowest BCUT2D eigenvalue weighted by Crippen LogP contribution is -2.52. The van der Waals surface area contributed by atoms with E-state index in [0.717, 1.165) is 10.4 Å². The van der Waals surface area contributed by atoms with Crippen LogP contribution >= 0.6 is 22.9 Å². The molecule has 2 saturated heterocycles. The second-order valence-corrected chi connectivity index (χ2v) is 13.4. The number of piperazine rings is 1. The Morgan fingerprint density at radius 3 is 2.30 bits per heavy atom. The molecule has 1 amide bonds. The minimum Gasteiger partial charge on any atom is -0.335 e. The van der Waals surface area contributed by atoms with Gasteiger partial charge in [-0.3, -0.25) is 4.79 Å². The molecule has 0 radical (unpaired) electrons. The summed E-state index contributed by atoms with van der Waals surface area (Å²) in [6.07, 6.45) is 0.145. The molecule has 0 bridgehead atoms. The molecular weight excluding hydrogens is 468 g/mol. The fourth-order valence-corrected chi connectivity index (χ4v) is 9.35. The molecule has 0 spiro atoms. The topological polar surface area (TPSA) is 91.8 Å². The van der Waals surface area contributed by atoms with Crippen molar-refractivity contribution in [2.45, 2.75) is 11.7 Å². The molecule has 11 heteroatoms. The molecule has 162 valence electrons. The molecule has 1 atom stereocenters. The van der Waals surface area contributed by atoms with Gasteiger partial charge in [-0.1, -0.05) is 23.7 Å². The highest BCUT2D eigenvalue weighted by Crippen LogP contribution is 2.30. The lowest BCUT2D eigenvalue weighted by Gasteiger charge is -2.35. The first-order valence-electron chi connectivity index (χ1n) is 9.50. The third-order valence-electron chi connectivity index (χ3n) is 5.44. The molecule has 7 nitrogen and oxygen atoms in total. The second-order valence-electron chi connectivity index (χ2n) is 7.43. The monoisotopic (exact) mass is 488 g/mol. The molecule has 0 aliphatic carbocycles. The minimum atomic E-state index is -3.67. The predicted octanol–water partition coefficient (Wildman–Crippen LogP) is 2.34. The van der Waals surface area contributed by atoms with Crippen LogP contribution in [-0.2, 0) is 19.9 Å². The van der Waals surface area contributed by atoms with E-state index >= 15 is 0 Å². The number of sulfonamides is 1. The van der Waals surface area contributed by atoms with E-state index in [1.54, 1.807) is 23.1 Å². The number of benzene rings is 1. The van der Waals surface area contributed by atoms with Gasteiger partial charge in [0.05, 0.1) is 21.6 Å². The number of carbonyl (C=O) groups is 1. The highest BCUT2D eigenvalue weighted by molar-refractivity contribution is 7.95. The smallest absolute Gasteiger partial charge is 0.264 e. The van der Waals surface area contributed by atoms with E-state index < -0.39 is 25.1 Å². The Balaban J connectivity index is 1.40. The first-order valence-corrected chi connectivity index (χ1v) is 14.0. The highest BCUT2D eigenvalue weighted by Gasteiger charge is 2.41. The quantitative estimate of drug-likeness (QED) is 0.658. The molecule has 2 fully saturated rings. The van der Waals surface area contributed by atoms with Gasteiger partial charge in [0.2, 0.25) is 10.0 Å². The van der Waals surface area contributed by atoms with E-state index in [-0.39, 0.29) is 50.0 Å². The maximum atomic E-state index is 12.9. The third kappa shape index (κ3) is 4.43. The van der Waals surface area contributed by atoms with Crippen LogP contribution in [0.1, 0.15) is 16.1 Å². The fraction of sp³-hybridized carbons (Fsp3) is 0.421. The molecule has 1 aromatic carbocycles. The second kappa shape index (κ2) is 8.23. The van der Waals surface area contributed by atoms with Crippen LogP contribution in [0.4, 0.5) is 0 Å². The first-order chi connectivity index (χ1) is 14.2. The number of rotatable bonds is 4. The number of nitrogens with zero attached hydrogens (tertiary/aromatic N) is 2. The molecular formula is C19H21ClN2O5S3. The van der Waals surface area contributed by atoms with Gasteiger partial charge in [-0.15, -0.1) is 11.3 Å². The Kier molecular flexibility index (Phi) is 5.97. The first kappa shape index (κ1) is 21.8. The van der Waals surface area contributed by atoms with E-state index in [9.17, 15) is 21.6 Å². The number of hydrogen-bond donors (Lipinski definition) is 0. The van der Waals surface area contributed by atoms with Crippen molar-refractivity contribution < 1.29 is 21.6 Å². The van der Waals surface area contributed by atoms with Crippen molar-refractivity contribution in [3.63, 3.8) is 0 Å². The minimum absolute atomic E-state index is 0.0797. The van der Waals surface area contributed by atoms with Crippen molar-refractivity contribution in [1.29, 1.82) is 0 Å². The van der Waals surface area contributed by atoms with E-state index in [2.05, 4.69) is 0 Å². The number of hydrogen-bond acceptors (Lipinski definition) is 6. The zero-order valence-electron chi connectivity index (χ0n) is 16.0. The standard InChI is InChI=1S/C19H21ClN2O5S3/c20-15-3-1-14(2-4-15)17-5-6-18(28-17)19(23)21-8-10-22(11-9-21)30(26,27)16-7-12-29(24,25)13-16/h1-6,16H,7-13H2. The normalized spacial score (nSPS) is 22.3. The number of halogens is 1.